The van der Waals surface area contributed by atoms with E-state index in [1.807, 2.05) is 0 Å². The lowest BCUT2D eigenvalue weighted by Crippen LogP contribution is -2.44. The zero-order chi connectivity index (χ0) is 13.1. The second-order valence-corrected chi connectivity index (χ2v) is 4.85. The summed E-state index contributed by atoms with van der Waals surface area (Å²) < 4.78 is 5.47. The molecule has 0 fully saturated rings. The Labute approximate surface area is 105 Å². The third kappa shape index (κ3) is 9.12. The number of aliphatic carboxylic acids is 1. The van der Waals surface area contributed by atoms with Gasteiger partial charge in [-0.2, -0.15) is 0 Å². The van der Waals surface area contributed by atoms with Crippen molar-refractivity contribution in [1.29, 1.82) is 0 Å². The van der Waals surface area contributed by atoms with Crippen molar-refractivity contribution in [2.45, 2.75) is 64.3 Å². The minimum atomic E-state index is -1.10. The molecule has 102 valence electrons. The Morgan fingerprint density at radius 1 is 1.18 bits per heavy atom. The van der Waals surface area contributed by atoms with E-state index in [0.29, 0.717) is 13.0 Å². The highest BCUT2D eigenvalue weighted by Crippen LogP contribution is 2.10. The van der Waals surface area contributed by atoms with Crippen LogP contribution in [-0.4, -0.2) is 29.8 Å². The molecule has 4 nitrogen and oxygen atoms in total. The van der Waals surface area contributed by atoms with Gasteiger partial charge in [-0.1, -0.05) is 26.2 Å². The number of hydrogen-bond acceptors (Lipinski definition) is 3. The number of hydrogen-bond donors (Lipinski definition) is 2. The van der Waals surface area contributed by atoms with Crippen LogP contribution in [0.2, 0.25) is 0 Å². The van der Waals surface area contributed by atoms with Gasteiger partial charge in [-0.3, -0.25) is 4.79 Å². The van der Waals surface area contributed by atoms with Crippen LogP contribution in [0.1, 0.15) is 58.8 Å². The molecule has 0 amide bonds. The van der Waals surface area contributed by atoms with Crippen LogP contribution in [0.4, 0.5) is 0 Å². The number of carbonyl (C=O) groups is 1. The third-order valence-electron chi connectivity index (χ3n) is 2.87. The zero-order valence-corrected chi connectivity index (χ0v) is 11.2. The van der Waals surface area contributed by atoms with E-state index in [-0.39, 0.29) is 0 Å². The first-order valence-electron chi connectivity index (χ1n) is 6.60. The molecule has 1 unspecified atom stereocenters. The predicted molar refractivity (Wildman–Crippen MR) is 69.0 cm³/mol. The summed E-state index contributed by atoms with van der Waals surface area (Å²) in [6.07, 6.45) is 7.05. The van der Waals surface area contributed by atoms with Crippen LogP contribution < -0.4 is 5.73 Å². The molecular weight excluding hydrogens is 218 g/mol. The van der Waals surface area contributed by atoms with Gasteiger partial charge in [-0.05, 0) is 32.6 Å². The summed E-state index contributed by atoms with van der Waals surface area (Å²) in [5, 5.41) is 8.81. The Hall–Kier alpha value is -0.610. The highest BCUT2D eigenvalue weighted by molar-refractivity contribution is 5.77. The number of ether oxygens (including phenoxy) is 1. The van der Waals surface area contributed by atoms with Gasteiger partial charge in [0.25, 0.3) is 0 Å². The fourth-order valence-electron chi connectivity index (χ4n) is 1.54. The van der Waals surface area contributed by atoms with E-state index in [2.05, 4.69) is 6.92 Å². The minimum Gasteiger partial charge on any atom is -0.480 e. The lowest BCUT2D eigenvalue weighted by atomic mass is 9.97. The molecule has 3 N–H and O–H groups in total. The first-order chi connectivity index (χ1) is 8.00. The second kappa shape index (κ2) is 9.42. The average Bonchev–Trinajstić information content (AvgIpc) is 2.26. The Morgan fingerprint density at radius 3 is 2.29 bits per heavy atom. The molecule has 0 rings (SSSR count). The van der Waals surface area contributed by atoms with Gasteiger partial charge in [-0.25, -0.2) is 0 Å². The molecule has 0 spiro atoms. The maximum Gasteiger partial charge on any atom is 0.323 e. The van der Waals surface area contributed by atoms with Crippen LogP contribution in [0.5, 0.6) is 0 Å². The van der Waals surface area contributed by atoms with Crippen LogP contribution in [0.15, 0.2) is 0 Å². The summed E-state index contributed by atoms with van der Waals surface area (Å²) in [7, 11) is 0. The van der Waals surface area contributed by atoms with Crippen molar-refractivity contribution in [2.75, 3.05) is 13.2 Å². The molecule has 0 aliphatic rings. The molecule has 0 saturated heterocycles. The van der Waals surface area contributed by atoms with E-state index in [1.165, 1.54) is 19.3 Å². The van der Waals surface area contributed by atoms with Crippen molar-refractivity contribution in [3.8, 4) is 0 Å². The molecule has 0 bridgehead atoms. The molecule has 0 radical (unpaired) electrons. The van der Waals surface area contributed by atoms with Gasteiger partial charge in [0.15, 0.2) is 0 Å². The largest absolute Gasteiger partial charge is 0.480 e. The number of nitrogens with two attached hydrogens (primary N) is 1. The SMILES string of the molecule is CCCCCCOCCCCC(C)(N)C(=O)O. The van der Waals surface area contributed by atoms with Crippen LogP contribution >= 0.6 is 0 Å². The topological polar surface area (TPSA) is 72.5 Å². The zero-order valence-electron chi connectivity index (χ0n) is 11.2. The maximum atomic E-state index is 10.7. The Bertz CT molecular complexity index is 205. The molecule has 0 aliphatic heterocycles. The van der Waals surface area contributed by atoms with Crippen molar-refractivity contribution < 1.29 is 14.6 Å². The van der Waals surface area contributed by atoms with E-state index in [9.17, 15) is 4.79 Å². The van der Waals surface area contributed by atoms with Gasteiger partial charge in [0.05, 0.1) is 0 Å². The van der Waals surface area contributed by atoms with E-state index >= 15 is 0 Å². The minimum absolute atomic E-state index is 0.502. The van der Waals surface area contributed by atoms with Gasteiger partial charge in [0, 0.05) is 13.2 Å². The average molecular weight is 245 g/mol. The van der Waals surface area contributed by atoms with Crippen molar-refractivity contribution in [1.82, 2.24) is 0 Å². The van der Waals surface area contributed by atoms with Gasteiger partial charge in [-0.15, -0.1) is 0 Å². The Morgan fingerprint density at radius 2 is 1.76 bits per heavy atom. The van der Waals surface area contributed by atoms with Crippen LogP contribution in [0.25, 0.3) is 0 Å². The summed E-state index contributed by atoms with van der Waals surface area (Å²) in [4.78, 5) is 10.7. The number of rotatable bonds is 11. The van der Waals surface area contributed by atoms with Gasteiger partial charge in [0.2, 0.25) is 0 Å². The normalized spacial score (nSPS) is 14.5. The first kappa shape index (κ1) is 16.4. The molecule has 0 aliphatic carbocycles. The number of carboxylic acids is 1. The van der Waals surface area contributed by atoms with Gasteiger partial charge < -0.3 is 15.6 Å². The number of unbranched alkanes of at least 4 members (excludes halogenated alkanes) is 4. The van der Waals surface area contributed by atoms with E-state index in [0.717, 1.165) is 25.9 Å². The van der Waals surface area contributed by atoms with Gasteiger partial charge >= 0.3 is 5.97 Å². The summed E-state index contributed by atoms with van der Waals surface area (Å²) >= 11 is 0. The third-order valence-corrected chi connectivity index (χ3v) is 2.87. The van der Waals surface area contributed by atoms with E-state index < -0.39 is 11.5 Å². The molecule has 0 aromatic heterocycles. The van der Waals surface area contributed by atoms with Crippen molar-refractivity contribution in [3.05, 3.63) is 0 Å². The smallest absolute Gasteiger partial charge is 0.323 e. The van der Waals surface area contributed by atoms with Crippen molar-refractivity contribution >= 4 is 5.97 Å². The van der Waals surface area contributed by atoms with Crippen LogP contribution in [0, 0.1) is 0 Å². The summed E-state index contributed by atoms with van der Waals surface area (Å²) in [5.41, 5.74) is 4.52. The highest BCUT2D eigenvalue weighted by atomic mass is 16.5. The lowest BCUT2D eigenvalue weighted by molar-refractivity contribution is -0.142. The monoisotopic (exact) mass is 245 g/mol. The molecule has 0 aromatic rings. The predicted octanol–water partition coefficient (Wildman–Crippen LogP) is 2.56. The molecule has 4 heteroatoms. The maximum absolute atomic E-state index is 10.7. The fourth-order valence-corrected chi connectivity index (χ4v) is 1.54. The van der Waals surface area contributed by atoms with E-state index in [1.54, 1.807) is 6.92 Å². The molecule has 1 atom stereocenters. The molecule has 0 heterocycles. The molecule has 17 heavy (non-hydrogen) atoms. The van der Waals surface area contributed by atoms with Crippen LogP contribution in [-0.2, 0) is 9.53 Å². The highest BCUT2D eigenvalue weighted by Gasteiger charge is 2.26. The second-order valence-electron chi connectivity index (χ2n) is 4.85. The quantitative estimate of drug-likeness (QED) is 0.549. The Balaban J connectivity index is 3.27. The lowest BCUT2D eigenvalue weighted by Gasteiger charge is -2.18. The summed E-state index contributed by atoms with van der Waals surface area (Å²) in [6.45, 7) is 5.27. The fraction of sp³-hybridized carbons (Fsp3) is 0.923. The van der Waals surface area contributed by atoms with E-state index in [4.69, 9.17) is 15.6 Å². The molecule has 0 saturated carbocycles. The molecular formula is C13H27NO3. The standard InChI is InChI=1S/C13H27NO3/c1-3-4-5-7-10-17-11-8-6-9-13(2,14)12(15)16/h3-11,14H2,1-2H3,(H,15,16). The first-order valence-corrected chi connectivity index (χ1v) is 6.60. The number of carboxylic acid groups (broad SMARTS) is 1. The van der Waals surface area contributed by atoms with Gasteiger partial charge in [0.1, 0.15) is 5.54 Å². The summed E-state index contributed by atoms with van der Waals surface area (Å²) in [5.74, 6) is -0.932. The molecule has 0 aromatic carbocycles. The summed E-state index contributed by atoms with van der Waals surface area (Å²) in [6, 6.07) is 0. The van der Waals surface area contributed by atoms with Crippen LogP contribution in [0.3, 0.4) is 0 Å². The van der Waals surface area contributed by atoms with Crippen molar-refractivity contribution in [3.63, 3.8) is 0 Å². The Kier molecular flexibility index (Phi) is 9.09. The van der Waals surface area contributed by atoms with Crippen molar-refractivity contribution in [2.24, 2.45) is 5.73 Å².